The van der Waals surface area contributed by atoms with Crippen LogP contribution in [0, 0.1) is 0 Å². The van der Waals surface area contributed by atoms with Crippen LogP contribution in [0.1, 0.15) is 1.43 Å². The minimum atomic E-state index is -1.81. The molecule has 55 valence electrons. The molecular weight excluding hydrogens is 240 g/mol. The van der Waals surface area contributed by atoms with E-state index in [1.165, 1.54) is 0 Å². The number of hydrogen-bond donors (Lipinski definition) is 1. The van der Waals surface area contributed by atoms with Gasteiger partial charge in [-0.2, -0.15) is 0 Å². The van der Waals surface area contributed by atoms with Crippen LogP contribution in [0.5, 0.6) is 0 Å². The van der Waals surface area contributed by atoms with Crippen molar-refractivity contribution in [3.63, 3.8) is 0 Å². The second-order valence-corrected chi connectivity index (χ2v) is 0.307. The molecule has 0 bridgehead atoms. The van der Waals surface area contributed by atoms with Gasteiger partial charge in [0.05, 0.1) is 0 Å². The summed E-state index contributed by atoms with van der Waals surface area (Å²) in [6, 6.07) is 0. The quantitative estimate of drug-likeness (QED) is 0.429. The summed E-state index contributed by atoms with van der Waals surface area (Å²) in [6.45, 7) is 0. The van der Waals surface area contributed by atoms with Crippen molar-refractivity contribution in [1.29, 1.82) is 0 Å². The maximum absolute atomic E-state index is 8.47. The first-order valence-electron chi connectivity index (χ1n) is 0.623. The predicted octanol–water partition coefficient (Wildman–Crippen LogP) is -5.71. The van der Waals surface area contributed by atoms with Crippen LogP contribution in [0.2, 0.25) is 0 Å². The summed E-state index contributed by atoms with van der Waals surface area (Å²) < 4.78 is 16.9. The van der Waals surface area contributed by atoms with Crippen molar-refractivity contribution in [3.05, 3.63) is 0 Å². The summed E-state index contributed by atoms with van der Waals surface area (Å²) in [4.78, 5) is 0. The van der Waals surface area contributed by atoms with Gasteiger partial charge in [0.25, 0.3) is 8.05 Å². The molecule has 0 aliphatic heterocycles. The van der Waals surface area contributed by atoms with Crippen LogP contribution in [0.3, 0.4) is 0 Å². The molecule has 0 saturated carbocycles. The van der Waals surface area contributed by atoms with E-state index in [1.54, 1.807) is 0 Å². The summed E-state index contributed by atoms with van der Waals surface area (Å²) in [5.41, 5.74) is 0. The van der Waals surface area contributed by atoms with Crippen LogP contribution in [-0.2, 0) is 40.0 Å². The van der Waals surface area contributed by atoms with Gasteiger partial charge in [-0.15, -0.1) is 0 Å². The molecule has 9 heavy (non-hydrogen) atoms. The van der Waals surface area contributed by atoms with Gasteiger partial charge in [0.1, 0.15) is 0 Å². The van der Waals surface area contributed by atoms with Crippen LogP contribution >= 0.6 is 0 Å². The fourth-order valence-electron chi connectivity index (χ4n) is 0. The molecular formula is H6BKNiO5V. The fraction of sp³-hybridized carbons (Fsp3) is 0. The van der Waals surface area contributed by atoms with E-state index >= 15 is 0 Å². The monoisotopic (exact) mass is 245 g/mol. The third kappa shape index (κ3) is 137. The molecule has 0 aromatic carbocycles. The summed E-state index contributed by atoms with van der Waals surface area (Å²) in [6.07, 6.45) is 0. The molecule has 5 N–H and O–H groups in total. The Bertz CT molecular complexity index is 42.6. The van der Waals surface area contributed by atoms with Gasteiger partial charge in [0.2, 0.25) is 0 Å². The molecule has 2 radical (unpaired) electrons. The van der Waals surface area contributed by atoms with Crippen LogP contribution in [0.25, 0.3) is 0 Å². The topological polar surface area (TPSA) is 117 Å². The maximum atomic E-state index is 8.47. The van der Waals surface area contributed by atoms with Gasteiger partial charge in [-0.1, -0.05) is 0 Å². The van der Waals surface area contributed by atoms with Crippen molar-refractivity contribution < 1.29 is 109 Å². The first-order valence-corrected chi connectivity index (χ1v) is 1.76. The van der Waals surface area contributed by atoms with Crippen LogP contribution in [-0.4, -0.2) is 24.0 Å². The first kappa shape index (κ1) is 42.8. The van der Waals surface area contributed by atoms with Crippen molar-refractivity contribution in [2.24, 2.45) is 0 Å². The fourth-order valence-corrected chi connectivity index (χ4v) is 0. The first-order chi connectivity index (χ1) is 2.41. The van der Waals surface area contributed by atoms with E-state index < -0.39 is 16.2 Å². The zero-order valence-corrected chi connectivity index (χ0v) is 10.1. The summed E-state index contributed by atoms with van der Waals surface area (Å²) in [5.74, 6) is 0. The summed E-state index contributed by atoms with van der Waals surface area (Å²) in [5, 5.41) is 6.50. The van der Waals surface area contributed by atoms with Crippen LogP contribution < -0.4 is 51.4 Å². The normalized spacial score (nSPS) is 1.44. The molecule has 0 fully saturated rings. The Hall–Kier alpha value is 2.26. The van der Waals surface area contributed by atoms with Crippen molar-refractivity contribution >= 4 is 8.05 Å². The zero-order valence-electron chi connectivity index (χ0n) is 5.60. The third-order valence-corrected chi connectivity index (χ3v) is 0. The van der Waals surface area contributed by atoms with E-state index in [4.69, 9.17) is 12.4 Å². The van der Waals surface area contributed by atoms with E-state index in [0.717, 1.165) is 0 Å². The van der Waals surface area contributed by atoms with Crippen molar-refractivity contribution in [1.82, 2.24) is 0 Å². The van der Waals surface area contributed by atoms with Gasteiger partial charge >= 0.3 is 74.9 Å². The second-order valence-electron chi connectivity index (χ2n) is 0.0745. The second kappa shape index (κ2) is 82.8. The molecule has 0 atom stereocenters. The van der Waals surface area contributed by atoms with E-state index in [1.807, 2.05) is 0 Å². The SMILES string of the molecule is O.O.[B]O.[H-].[K+].[Ni].[O]=[V]=[O]. The van der Waals surface area contributed by atoms with Gasteiger partial charge in [-0.25, -0.2) is 0 Å². The van der Waals surface area contributed by atoms with Crippen LogP contribution in [0.4, 0.5) is 0 Å². The number of rotatable bonds is 0. The summed E-state index contributed by atoms with van der Waals surface area (Å²) in [7, 11) is 3.50. The van der Waals surface area contributed by atoms with Crippen molar-refractivity contribution in [2.45, 2.75) is 0 Å². The van der Waals surface area contributed by atoms with Crippen molar-refractivity contribution in [3.8, 4) is 0 Å². The molecule has 0 aromatic rings. The third-order valence-electron chi connectivity index (χ3n) is 0. The Morgan fingerprint density at radius 2 is 1.22 bits per heavy atom. The average Bonchev–Trinajstić information content (AvgIpc) is 1.46. The molecule has 0 rings (SSSR count). The standard InChI is InChI=1S/BHO.K.Ni.2H2O.2O.V.H/c1-2;;;;;;;;/h2H;;;2*1H2;;;;/q;+1;;;;;;;-1. The van der Waals surface area contributed by atoms with Gasteiger partial charge < -0.3 is 17.4 Å². The Labute approximate surface area is 115 Å². The van der Waals surface area contributed by atoms with E-state index in [9.17, 15) is 0 Å². The molecule has 0 amide bonds. The average molecular weight is 246 g/mol. The van der Waals surface area contributed by atoms with Gasteiger partial charge in [0.15, 0.2) is 0 Å². The Morgan fingerprint density at radius 1 is 1.22 bits per heavy atom. The molecule has 0 aromatic heterocycles. The molecule has 0 spiro atoms. The number of hydrogen-bond acceptors (Lipinski definition) is 3. The molecule has 0 aliphatic carbocycles. The Balaban J connectivity index is -0.00000000246. The van der Waals surface area contributed by atoms with Gasteiger partial charge in [-0.3, -0.25) is 0 Å². The van der Waals surface area contributed by atoms with Crippen molar-refractivity contribution in [2.75, 3.05) is 0 Å². The van der Waals surface area contributed by atoms with Crippen LogP contribution in [0.15, 0.2) is 0 Å². The van der Waals surface area contributed by atoms with E-state index in [-0.39, 0.29) is 80.3 Å². The molecule has 0 heterocycles. The minimum absolute atomic E-state index is 0. The molecule has 9 heteroatoms. The Kier molecular flexibility index (Phi) is 394. The molecule has 0 unspecified atom stereocenters. The molecule has 0 aliphatic rings. The Morgan fingerprint density at radius 3 is 1.22 bits per heavy atom. The van der Waals surface area contributed by atoms with E-state index in [2.05, 4.69) is 8.05 Å². The zero-order chi connectivity index (χ0) is 4.71. The predicted molar refractivity (Wildman–Crippen MR) is 17.7 cm³/mol. The molecule has 0 saturated heterocycles. The summed E-state index contributed by atoms with van der Waals surface area (Å²) >= 11 is -1.81. The van der Waals surface area contributed by atoms with E-state index in [0.29, 0.717) is 0 Å². The van der Waals surface area contributed by atoms with Gasteiger partial charge in [0, 0.05) is 16.5 Å². The van der Waals surface area contributed by atoms with Gasteiger partial charge in [-0.05, 0) is 0 Å². The molecule has 5 nitrogen and oxygen atoms in total.